The van der Waals surface area contributed by atoms with Gasteiger partial charge in [0.1, 0.15) is 17.9 Å². The van der Waals surface area contributed by atoms with Crippen LogP contribution in [0.4, 0.5) is 5.69 Å². The van der Waals surface area contributed by atoms with Gasteiger partial charge in [-0.15, -0.1) is 0 Å². The van der Waals surface area contributed by atoms with Gasteiger partial charge in [-0.25, -0.2) is 9.97 Å². The van der Waals surface area contributed by atoms with Gasteiger partial charge in [0.25, 0.3) is 0 Å². The molecular formula is C14H15N5O. The van der Waals surface area contributed by atoms with E-state index in [4.69, 9.17) is 4.52 Å². The van der Waals surface area contributed by atoms with Crippen molar-refractivity contribution in [1.82, 2.24) is 19.7 Å². The third-order valence-corrected chi connectivity index (χ3v) is 3.17. The molecule has 3 aromatic rings. The molecule has 0 amide bonds. The van der Waals surface area contributed by atoms with Crippen molar-refractivity contribution in [1.29, 1.82) is 0 Å². The van der Waals surface area contributed by atoms with Gasteiger partial charge in [0, 0.05) is 24.5 Å². The second-order valence-corrected chi connectivity index (χ2v) is 4.53. The van der Waals surface area contributed by atoms with Gasteiger partial charge in [0.15, 0.2) is 0 Å². The van der Waals surface area contributed by atoms with Crippen LogP contribution in [0.5, 0.6) is 0 Å². The maximum Gasteiger partial charge on any atom is 0.138 e. The average molecular weight is 269 g/mol. The van der Waals surface area contributed by atoms with Crippen LogP contribution in [0.3, 0.4) is 0 Å². The molecule has 102 valence electrons. The number of pyridine rings is 1. The summed E-state index contributed by atoms with van der Waals surface area (Å²) in [6.45, 7) is 4.53. The molecule has 0 spiro atoms. The third-order valence-electron chi connectivity index (χ3n) is 3.17. The fourth-order valence-electron chi connectivity index (χ4n) is 1.98. The van der Waals surface area contributed by atoms with Gasteiger partial charge in [-0.3, -0.25) is 4.57 Å². The molecule has 3 heterocycles. The predicted molar refractivity (Wildman–Crippen MR) is 74.7 cm³/mol. The van der Waals surface area contributed by atoms with Crippen LogP contribution in [0.2, 0.25) is 0 Å². The first-order chi connectivity index (χ1) is 9.74. The van der Waals surface area contributed by atoms with E-state index in [1.165, 1.54) is 0 Å². The first kappa shape index (κ1) is 12.4. The van der Waals surface area contributed by atoms with E-state index in [0.29, 0.717) is 6.54 Å². The van der Waals surface area contributed by atoms with Crippen LogP contribution >= 0.6 is 0 Å². The van der Waals surface area contributed by atoms with Gasteiger partial charge >= 0.3 is 0 Å². The van der Waals surface area contributed by atoms with Crippen LogP contribution in [0, 0.1) is 13.8 Å². The largest absolute Gasteiger partial charge is 0.380 e. The van der Waals surface area contributed by atoms with Crippen molar-refractivity contribution in [3.63, 3.8) is 0 Å². The van der Waals surface area contributed by atoms with Crippen LogP contribution in [0.15, 0.2) is 41.6 Å². The minimum absolute atomic E-state index is 0.674. The number of imidazole rings is 1. The highest BCUT2D eigenvalue weighted by atomic mass is 16.5. The van der Waals surface area contributed by atoms with E-state index in [0.717, 1.165) is 28.5 Å². The highest BCUT2D eigenvalue weighted by molar-refractivity contribution is 5.44. The number of nitrogens with zero attached hydrogens (tertiary/aromatic N) is 4. The molecule has 6 heteroatoms. The first-order valence-electron chi connectivity index (χ1n) is 6.34. The molecule has 0 aromatic carbocycles. The van der Waals surface area contributed by atoms with Gasteiger partial charge in [-0.05, 0) is 26.0 Å². The lowest BCUT2D eigenvalue weighted by atomic mass is 10.2. The number of nitrogens with one attached hydrogen (secondary N) is 1. The Kier molecular flexibility index (Phi) is 3.20. The first-order valence-corrected chi connectivity index (χ1v) is 6.34. The lowest BCUT2D eigenvalue weighted by molar-refractivity contribution is 0.392. The van der Waals surface area contributed by atoms with Crippen molar-refractivity contribution >= 4 is 5.69 Å². The van der Waals surface area contributed by atoms with Gasteiger partial charge in [0.2, 0.25) is 0 Å². The number of rotatable bonds is 4. The summed E-state index contributed by atoms with van der Waals surface area (Å²) < 4.78 is 7.00. The van der Waals surface area contributed by atoms with Crippen molar-refractivity contribution in [2.24, 2.45) is 0 Å². The lowest BCUT2D eigenvalue weighted by Gasteiger charge is -2.07. The van der Waals surface area contributed by atoms with E-state index in [2.05, 4.69) is 20.4 Å². The fourth-order valence-corrected chi connectivity index (χ4v) is 1.98. The molecule has 0 saturated carbocycles. The number of aryl methyl sites for hydroxylation is 2. The maximum atomic E-state index is 5.14. The van der Waals surface area contributed by atoms with Crippen LogP contribution in [0.25, 0.3) is 5.82 Å². The number of anilines is 1. The molecule has 6 nitrogen and oxygen atoms in total. The summed E-state index contributed by atoms with van der Waals surface area (Å²) in [5.74, 6) is 1.68. The summed E-state index contributed by atoms with van der Waals surface area (Å²) in [4.78, 5) is 8.39. The SMILES string of the molecule is Cc1noc(C)c1CNc1ccc(-n2ccnc2)nc1. The zero-order valence-electron chi connectivity index (χ0n) is 11.4. The Morgan fingerprint density at radius 1 is 1.30 bits per heavy atom. The third kappa shape index (κ3) is 2.40. The monoisotopic (exact) mass is 269 g/mol. The number of hydrogen-bond acceptors (Lipinski definition) is 5. The second kappa shape index (κ2) is 5.16. The van der Waals surface area contributed by atoms with Crippen LogP contribution < -0.4 is 5.32 Å². The molecule has 0 fully saturated rings. The summed E-state index contributed by atoms with van der Waals surface area (Å²) in [7, 11) is 0. The Morgan fingerprint density at radius 2 is 2.20 bits per heavy atom. The van der Waals surface area contributed by atoms with Gasteiger partial charge in [-0.2, -0.15) is 0 Å². The van der Waals surface area contributed by atoms with Crippen molar-refractivity contribution in [3.05, 3.63) is 54.1 Å². The highest BCUT2D eigenvalue weighted by Crippen LogP contribution is 2.15. The van der Waals surface area contributed by atoms with Gasteiger partial charge in [-0.1, -0.05) is 5.16 Å². The molecule has 3 rings (SSSR count). The molecule has 0 aliphatic rings. The number of aromatic nitrogens is 4. The Bertz CT molecular complexity index is 665. The minimum atomic E-state index is 0.674. The molecule has 0 bridgehead atoms. The van der Waals surface area contributed by atoms with Crippen LogP contribution in [-0.2, 0) is 6.54 Å². The molecule has 1 N–H and O–H groups in total. The Labute approximate surface area is 116 Å². The molecule has 20 heavy (non-hydrogen) atoms. The maximum absolute atomic E-state index is 5.14. The van der Waals surface area contributed by atoms with E-state index in [1.54, 1.807) is 18.7 Å². The quantitative estimate of drug-likeness (QED) is 0.788. The molecule has 0 atom stereocenters. The highest BCUT2D eigenvalue weighted by Gasteiger charge is 2.08. The average Bonchev–Trinajstić information content (AvgIpc) is 3.09. The normalized spacial score (nSPS) is 10.7. The van der Waals surface area contributed by atoms with Gasteiger partial charge < -0.3 is 9.84 Å². The van der Waals surface area contributed by atoms with Crippen LogP contribution in [0.1, 0.15) is 17.0 Å². The topological polar surface area (TPSA) is 68.8 Å². The lowest BCUT2D eigenvalue weighted by Crippen LogP contribution is -2.02. The van der Waals surface area contributed by atoms with Crippen molar-refractivity contribution < 1.29 is 4.52 Å². The summed E-state index contributed by atoms with van der Waals surface area (Å²) in [5.41, 5.74) is 2.95. The van der Waals surface area contributed by atoms with E-state index < -0.39 is 0 Å². The molecular weight excluding hydrogens is 254 g/mol. The summed E-state index contributed by atoms with van der Waals surface area (Å²) in [5, 5.41) is 7.25. The minimum Gasteiger partial charge on any atom is -0.380 e. The Morgan fingerprint density at radius 3 is 2.80 bits per heavy atom. The predicted octanol–water partition coefficient (Wildman–Crippen LogP) is 2.48. The van der Waals surface area contributed by atoms with Crippen molar-refractivity contribution in [2.45, 2.75) is 20.4 Å². The Hall–Kier alpha value is -2.63. The zero-order valence-corrected chi connectivity index (χ0v) is 11.4. The molecule has 0 aliphatic carbocycles. The standard InChI is InChI=1S/C14H15N5O/c1-10-13(11(2)20-18-10)8-16-12-3-4-14(17-7-12)19-6-5-15-9-19/h3-7,9,16H,8H2,1-2H3. The van der Waals surface area contributed by atoms with Crippen molar-refractivity contribution in [2.75, 3.05) is 5.32 Å². The summed E-state index contributed by atoms with van der Waals surface area (Å²) in [6, 6.07) is 3.93. The smallest absolute Gasteiger partial charge is 0.138 e. The molecule has 0 radical (unpaired) electrons. The molecule has 3 aromatic heterocycles. The van der Waals surface area contributed by atoms with E-state index in [-0.39, 0.29) is 0 Å². The van der Waals surface area contributed by atoms with Crippen molar-refractivity contribution in [3.8, 4) is 5.82 Å². The van der Waals surface area contributed by atoms with E-state index in [1.807, 2.05) is 36.7 Å². The van der Waals surface area contributed by atoms with Gasteiger partial charge in [0.05, 0.1) is 17.6 Å². The molecule has 0 aliphatic heterocycles. The van der Waals surface area contributed by atoms with E-state index in [9.17, 15) is 0 Å². The summed E-state index contributed by atoms with van der Waals surface area (Å²) in [6.07, 6.45) is 7.11. The zero-order chi connectivity index (χ0) is 13.9. The molecule has 0 saturated heterocycles. The van der Waals surface area contributed by atoms with E-state index >= 15 is 0 Å². The molecule has 0 unspecified atom stereocenters. The Balaban J connectivity index is 1.70. The fraction of sp³-hybridized carbons (Fsp3) is 0.214. The number of hydrogen-bond donors (Lipinski definition) is 1. The summed E-state index contributed by atoms with van der Waals surface area (Å²) >= 11 is 0. The second-order valence-electron chi connectivity index (χ2n) is 4.53. The van der Waals surface area contributed by atoms with Crippen LogP contribution in [-0.4, -0.2) is 19.7 Å².